The molecule has 4 N–H and O–H groups in total. The molecule has 244 valence electrons. The number of ether oxygens (including phenoxy) is 2. The minimum atomic E-state index is -5.44. The van der Waals surface area contributed by atoms with Crippen molar-refractivity contribution in [3.63, 3.8) is 0 Å². The number of rotatable bonds is 28. The van der Waals surface area contributed by atoms with Gasteiger partial charge < -0.3 is 33.8 Å². The molecule has 0 spiro atoms. The maximum absolute atomic E-state index is 12.4. The van der Waals surface area contributed by atoms with Crippen molar-refractivity contribution in [3.8, 4) is 0 Å². The Labute approximate surface area is 252 Å². The van der Waals surface area contributed by atoms with Crippen LogP contribution in [-0.4, -0.2) is 57.1 Å². The van der Waals surface area contributed by atoms with Gasteiger partial charge in [0.1, 0.15) is 6.10 Å². The van der Waals surface area contributed by atoms with E-state index in [1.54, 1.807) is 0 Å². The molecule has 0 aliphatic carbocycles. The molecule has 3 atom stereocenters. The monoisotopic (exact) mass is 636 g/mol. The molecule has 0 aliphatic rings. The van der Waals surface area contributed by atoms with Gasteiger partial charge in [0.25, 0.3) is 5.40 Å². The Morgan fingerprint density at radius 3 is 1.67 bits per heavy atom. The van der Waals surface area contributed by atoms with Crippen LogP contribution in [0, 0.1) is 0 Å². The lowest BCUT2D eigenvalue weighted by Gasteiger charge is -2.23. The Balaban J connectivity index is 2.26. The number of unbranched alkanes of at least 4 members (excludes halogenated alkanes) is 15. The van der Waals surface area contributed by atoms with Crippen LogP contribution in [0.1, 0.15) is 115 Å². The lowest BCUT2D eigenvalue weighted by molar-refractivity contribution is -0.135. The molecule has 0 radical (unpaired) electrons. The SMILES string of the molecule is CCCCCCCCCCCCCCCCCCOC[C@H](COP(=O)(O)C(C(=O)O)P(=O)(O)O)OCc1ccccc1. The summed E-state index contributed by atoms with van der Waals surface area (Å²) in [6, 6.07) is 9.18. The second kappa shape index (κ2) is 23.3. The van der Waals surface area contributed by atoms with Crippen LogP contribution in [0.4, 0.5) is 0 Å². The van der Waals surface area contributed by atoms with Crippen LogP contribution >= 0.6 is 15.2 Å². The number of aliphatic carboxylic acids is 1. The first-order valence-corrected chi connectivity index (χ1v) is 18.9. The summed E-state index contributed by atoms with van der Waals surface area (Å²) >= 11 is 0. The van der Waals surface area contributed by atoms with E-state index in [9.17, 15) is 28.6 Å². The number of hydrogen-bond donors (Lipinski definition) is 4. The Kier molecular flexibility index (Phi) is 21.6. The van der Waals surface area contributed by atoms with Gasteiger partial charge in [0.15, 0.2) is 0 Å². The minimum Gasteiger partial charge on any atom is -0.480 e. The molecular formula is C30H54O10P2. The summed E-state index contributed by atoms with van der Waals surface area (Å²) < 4.78 is 40.2. The van der Waals surface area contributed by atoms with Gasteiger partial charge in [-0.15, -0.1) is 0 Å². The average Bonchev–Trinajstić information content (AvgIpc) is 2.92. The third-order valence-electron chi connectivity index (χ3n) is 7.07. The normalized spacial score (nSPS) is 14.9. The molecule has 0 heterocycles. The highest BCUT2D eigenvalue weighted by Crippen LogP contribution is 2.62. The highest BCUT2D eigenvalue weighted by Gasteiger charge is 2.51. The van der Waals surface area contributed by atoms with Gasteiger partial charge in [-0.2, -0.15) is 0 Å². The molecular weight excluding hydrogens is 582 g/mol. The molecule has 0 saturated carbocycles. The molecule has 10 nitrogen and oxygen atoms in total. The van der Waals surface area contributed by atoms with E-state index in [1.807, 2.05) is 30.3 Å². The van der Waals surface area contributed by atoms with Gasteiger partial charge in [-0.25, -0.2) is 0 Å². The Morgan fingerprint density at radius 1 is 0.738 bits per heavy atom. The summed E-state index contributed by atoms with van der Waals surface area (Å²) in [6.07, 6.45) is 19.5. The fourth-order valence-electron chi connectivity index (χ4n) is 4.63. The number of carbonyl (C=O) groups is 1. The molecule has 2 unspecified atom stereocenters. The van der Waals surface area contributed by atoms with Crippen LogP contribution < -0.4 is 0 Å². The first-order chi connectivity index (χ1) is 20.1. The summed E-state index contributed by atoms with van der Waals surface area (Å²) in [7, 11) is -10.6. The molecule has 42 heavy (non-hydrogen) atoms. The highest BCUT2D eigenvalue weighted by atomic mass is 31.2. The Morgan fingerprint density at radius 2 is 1.21 bits per heavy atom. The molecule has 1 aromatic carbocycles. The second-order valence-electron chi connectivity index (χ2n) is 11.0. The first-order valence-electron chi connectivity index (χ1n) is 15.6. The minimum absolute atomic E-state index is 0.0131. The van der Waals surface area contributed by atoms with Crippen LogP contribution in [0.25, 0.3) is 0 Å². The van der Waals surface area contributed by atoms with Crippen molar-refractivity contribution in [2.75, 3.05) is 19.8 Å². The lowest BCUT2D eigenvalue weighted by atomic mass is 10.0. The van der Waals surface area contributed by atoms with E-state index in [0.29, 0.717) is 6.61 Å². The summed E-state index contributed by atoms with van der Waals surface area (Å²) in [5, 5.41) is 6.20. The van der Waals surface area contributed by atoms with Gasteiger partial charge >= 0.3 is 21.2 Å². The lowest BCUT2D eigenvalue weighted by Crippen LogP contribution is -2.28. The van der Waals surface area contributed by atoms with Gasteiger partial charge in [-0.1, -0.05) is 134 Å². The van der Waals surface area contributed by atoms with Crippen molar-refractivity contribution in [1.82, 2.24) is 0 Å². The topological polar surface area (TPSA) is 160 Å². The number of carboxylic acids is 1. The van der Waals surface area contributed by atoms with E-state index in [4.69, 9.17) is 19.1 Å². The van der Waals surface area contributed by atoms with Gasteiger partial charge in [0, 0.05) is 6.61 Å². The molecule has 0 fully saturated rings. The third kappa shape index (κ3) is 19.2. The zero-order chi connectivity index (χ0) is 31.1. The van der Waals surface area contributed by atoms with Crippen LogP contribution in [0.5, 0.6) is 0 Å². The van der Waals surface area contributed by atoms with Gasteiger partial charge in [0.2, 0.25) is 0 Å². The van der Waals surface area contributed by atoms with E-state index >= 15 is 0 Å². The van der Waals surface area contributed by atoms with Crippen LogP contribution in [0.15, 0.2) is 30.3 Å². The van der Waals surface area contributed by atoms with E-state index < -0.39 is 39.3 Å². The van der Waals surface area contributed by atoms with Crippen LogP contribution in [0.3, 0.4) is 0 Å². The van der Waals surface area contributed by atoms with Crippen LogP contribution in [0.2, 0.25) is 0 Å². The van der Waals surface area contributed by atoms with Crippen molar-refractivity contribution in [2.24, 2.45) is 0 Å². The number of benzene rings is 1. The first kappa shape index (κ1) is 38.9. The molecule has 0 amide bonds. The molecule has 12 heteroatoms. The van der Waals surface area contributed by atoms with Crippen molar-refractivity contribution in [2.45, 2.75) is 128 Å². The van der Waals surface area contributed by atoms with Gasteiger partial charge in [-0.05, 0) is 12.0 Å². The van der Waals surface area contributed by atoms with Crippen molar-refractivity contribution >= 4 is 21.2 Å². The van der Waals surface area contributed by atoms with E-state index in [2.05, 4.69) is 6.92 Å². The van der Waals surface area contributed by atoms with Gasteiger partial charge in [-0.3, -0.25) is 13.9 Å². The molecule has 0 aromatic heterocycles. The number of carboxylic acid groups (broad SMARTS) is 1. The zero-order valence-corrected chi connectivity index (χ0v) is 27.1. The summed E-state index contributed by atoms with van der Waals surface area (Å²) in [6.45, 7) is 2.30. The summed E-state index contributed by atoms with van der Waals surface area (Å²) in [5.74, 6) is -2.12. The van der Waals surface area contributed by atoms with E-state index in [-0.39, 0.29) is 13.2 Å². The van der Waals surface area contributed by atoms with Crippen molar-refractivity contribution < 1.29 is 47.7 Å². The van der Waals surface area contributed by atoms with Crippen molar-refractivity contribution in [3.05, 3.63) is 35.9 Å². The Bertz CT molecular complexity index is 909. The average molecular weight is 637 g/mol. The standard InChI is InChI=1S/C30H54O10P2/c1-2-3-4-5-6-7-8-9-10-11-12-13-14-15-16-20-23-38-25-28(39-24-27-21-18-17-19-22-27)26-40-42(36,37)30(29(31)32)41(33,34)35/h17-19,21-22,28,30H,2-16,20,23-26H2,1H3,(H,31,32)(H,36,37)(H2,33,34,35)/t28-,30?/m1/s1. The third-order valence-corrected chi connectivity index (χ3v) is 11.1. The number of hydrogen-bond acceptors (Lipinski definition) is 6. The fraction of sp³-hybridized carbons (Fsp3) is 0.767. The predicted octanol–water partition coefficient (Wildman–Crippen LogP) is 7.64. The molecule has 0 bridgehead atoms. The second-order valence-corrected chi connectivity index (χ2v) is 15.0. The molecule has 0 saturated heterocycles. The summed E-state index contributed by atoms with van der Waals surface area (Å²) in [5.41, 5.74) is 0.839. The molecule has 1 rings (SSSR count). The quantitative estimate of drug-likeness (QED) is 0.0532. The summed E-state index contributed by atoms with van der Waals surface area (Å²) in [4.78, 5) is 39.7. The fourth-order valence-corrected chi connectivity index (χ4v) is 7.44. The Hall–Kier alpha value is -1.09. The van der Waals surface area contributed by atoms with Crippen LogP contribution in [-0.2, 0) is 34.5 Å². The maximum Gasteiger partial charge on any atom is 0.354 e. The molecule has 1 aromatic rings. The van der Waals surface area contributed by atoms with E-state index in [0.717, 1.165) is 24.8 Å². The highest BCUT2D eigenvalue weighted by molar-refractivity contribution is 7.72. The smallest absolute Gasteiger partial charge is 0.354 e. The van der Waals surface area contributed by atoms with Gasteiger partial charge in [0.05, 0.1) is 19.8 Å². The molecule has 0 aliphatic heterocycles. The van der Waals surface area contributed by atoms with Crippen molar-refractivity contribution in [1.29, 1.82) is 0 Å². The van der Waals surface area contributed by atoms with E-state index in [1.165, 1.54) is 83.5 Å². The predicted molar refractivity (Wildman–Crippen MR) is 165 cm³/mol. The maximum atomic E-state index is 12.4. The zero-order valence-electron chi connectivity index (χ0n) is 25.3. The largest absolute Gasteiger partial charge is 0.480 e.